The number of aromatic nitrogens is 2. The summed E-state index contributed by atoms with van der Waals surface area (Å²) in [4.78, 5) is 27.3. The number of carbonyl (C=O) groups excluding carboxylic acids is 1. The predicted octanol–water partition coefficient (Wildman–Crippen LogP) is 0.209. The van der Waals surface area contributed by atoms with Crippen LogP contribution in [-0.4, -0.2) is 47.5 Å². The van der Waals surface area contributed by atoms with Crippen LogP contribution in [0.1, 0.15) is 17.8 Å². The fourth-order valence-electron chi connectivity index (χ4n) is 2.35. The molecule has 0 unspecified atom stereocenters. The number of hydrogen-bond acceptors (Lipinski definition) is 5. The molecule has 0 aliphatic carbocycles. The number of aliphatic carboxylic acids is 1. The molecule has 0 spiro atoms. The molecule has 0 fully saturated rings. The highest BCUT2D eigenvalue weighted by Gasteiger charge is 2.22. The smallest absolute Gasteiger partial charge is 0.326 e. The standard InChI is InChI=1S/C17H22N4O5S/c1-12-19-16(11-21(12)2)27(25,26)18-9-8-15(22)20-14(17(23)24)10-13-6-4-3-5-7-13/h3-7,11,14,18H,8-10H2,1-2H3,(H,20,22)(H,23,24)/t14-/m0/s1. The van der Waals surface area contributed by atoms with Crippen LogP contribution >= 0.6 is 0 Å². The maximum atomic E-state index is 12.1. The third-order valence-electron chi connectivity index (χ3n) is 3.92. The van der Waals surface area contributed by atoms with Crippen LogP contribution in [0.2, 0.25) is 0 Å². The molecule has 0 aliphatic heterocycles. The van der Waals surface area contributed by atoms with Crippen molar-refractivity contribution in [3.63, 3.8) is 0 Å². The highest BCUT2D eigenvalue weighted by Crippen LogP contribution is 2.07. The average Bonchev–Trinajstić information content (AvgIpc) is 2.95. The first-order valence-electron chi connectivity index (χ1n) is 8.25. The van der Waals surface area contributed by atoms with Gasteiger partial charge in [0.1, 0.15) is 11.9 Å². The summed E-state index contributed by atoms with van der Waals surface area (Å²) in [5.74, 6) is -1.17. The Morgan fingerprint density at radius 3 is 2.48 bits per heavy atom. The van der Waals surface area contributed by atoms with Gasteiger partial charge in [0.15, 0.2) is 5.03 Å². The lowest BCUT2D eigenvalue weighted by molar-refractivity contribution is -0.141. The largest absolute Gasteiger partial charge is 0.480 e. The van der Waals surface area contributed by atoms with Gasteiger partial charge in [-0.3, -0.25) is 4.79 Å². The van der Waals surface area contributed by atoms with E-state index in [9.17, 15) is 23.1 Å². The van der Waals surface area contributed by atoms with Gasteiger partial charge in [0.25, 0.3) is 10.0 Å². The molecule has 146 valence electrons. The quantitative estimate of drug-likeness (QED) is 0.557. The second-order valence-corrected chi connectivity index (χ2v) is 7.75. The first kappa shape index (κ1) is 20.6. The van der Waals surface area contributed by atoms with E-state index in [1.807, 2.05) is 6.07 Å². The van der Waals surface area contributed by atoms with E-state index in [1.165, 1.54) is 6.20 Å². The minimum atomic E-state index is -3.83. The Kier molecular flexibility index (Phi) is 6.70. The molecule has 9 nitrogen and oxygen atoms in total. The normalized spacial score (nSPS) is 12.5. The van der Waals surface area contributed by atoms with Crippen molar-refractivity contribution in [2.45, 2.75) is 30.8 Å². The van der Waals surface area contributed by atoms with Crippen molar-refractivity contribution < 1.29 is 23.1 Å². The van der Waals surface area contributed by atoms with Gasteiger partial charge >= 0.3 is 5.97 Å². The molecule has 2 rings (SSSR count). The SMILES string of the molecule is Cc1nc(S(=O)(=O)NCCC(=O)N[C@@H](Cc2ccccc2)C(=O)O)cn1C. The van der Waals surface area contributed by atoms with Gasteiger partial charge in [0, 0.05) is 32.6 Å². The summed E-state index contributed by atoms with van der Waals surface area (Å²) < 4.78 is 28.1. The zero-order valence-electron chi connectivity index (χ0n) is 15.0. The van der Waals surface area contributed by atoms with Crippen molar-refractivity contribution in [3.8, 4) is 0 Å². The highest BCUT2D eigenvalue weighted by atomic mass is 32.2. The summed E-state index contributed by atoms with van der Waals surface area (Å²) in [6.07, 6.45) is 1.32. The first-order chi connectivity index (χ1) is 12.7. The Hall–Kier alpha value is -2.72. The second-order valence-electron chi connectivity index (χ2n) is 6.03. The second kappa shape index (κ2) is 8.78. The van der Waals surface area contributed by atoms with Crippen molar-refractivity contribution in [1.82, 2.24) is 19.6 Å². The van der Waals surface area contributed by atoms with Crippen LogP contribution in [0.4, 0.5) is 0 Å². The number of carboxylic acid groups (broad SMARTS) is 1. The Morgan fingerprint density at radius 2 is 1.93 bits per heavy atom. The van der Waals surface area contributed by atoms with Crippen LogP contribution in [0, 0.1) is 6.92 Å². The van der Waals surface area contributed by atoms with Gasteiger partial charge in [-0.05, 0) is 12.5 Å². The summed E-state index contributed by atoms with van der Waals surface area (Å²) in [5, 5.41) is 11.6. The van der Waals surface area contributed by atoms with Crippen LogP contribution < -0.4 is 10.0 Å². The number of rotatable bonds is 9. The van der Waals surface area contributed by atoms with Crippen molar-refractivity contribution in [2.24, 2.45) is 7.05 Å². The summed E-state index contributed by atoms with van der Waals surface area (Å²) >= 11 is 0. The van der Waals surface area contributed by atoms with E-state index in [-0.39, 0.29) is 24.4 Å². The van der Waals surface area contributed by atoms with E-state index in [0.717, 1.165) is 5.56 Å². The van der Waals surface area contributed by atoms with Crippen LogP contribution in [0.25, 0.3) is 0 Å². The van der Waals surface area contributed by atoms with Crippen LogP contribution in [0.5, 0.6) is 0 Å². The van der Waals surface area contributed by atoms with Gasteiger partial charge < -0.3 is 15.0 Å². The number of nitrogens with zero attached hydrogens (tertiary/aromatic N) is 2. The number of imidazole rings is 1. The van der Waals surface area contributed by atoms with Crippen molar-refractivity contribution >= 4 is 21.9 Å². The molecular formula is C17H22N4O5S. The molecule has 10 heteroatoms. The van der Waals surface area contributed by atoms with E-state index in [0.29, 0.717) is 5.82 Å². The van der Waals surface area contributed by atoms with Gasteiger partial charge in [0.05, 0.1) is 0 Å². The minimum absolute atomic E-state index is 0.129. The zero-order chi connectivity index (χ0) is 20.0. The Morgan fingerprint density at radius 1 is 1.26 bits per heavy atom. The van der Waals surface area contributed by atoms with Gasteiger partial charge in [-0.1, -0.05) is 30.3 Å². The van der Waals surface area contributed by atoms with E-state index < -0.39 is 27.9 Å². The monoisotopic (exact) mass is 394 g/mol. The van der Waals surface area contributed by atoms with E-state index in [4.69, 9.17) is 0 Å². The number of amides is 1. The topological polar surface area (TPSA) is 130 Å². The fraction of sp³-hybridized carbons (Fsp3) is 0.353. The van der Waals surface area contributed by atoms with Crippen LogP contribution in [-0.2, 0) is 33.1 Å². The fourth-order valence-corrected chi connectivity index (χ4v) is 3.41. The number of benzene rings is 1. The molecule has 1 atom stereocenters. The molecule has 3 N–H and O–H groups in total. The summed E-state index contributed by atoms with van der Waals surface area (Å²) in [6.45, 7) is 1.51. The lowest BCUT2D eigenvalue weighted by Gasteiger charge is -2.14. The molecule has 2 aromatic rings. The number of sulfonamides is 1. The van der Waals surface area contributed by atoms with Crippen molar-refractivity contribution in [3.05, 3.63) is 47.9 Å². The minimum Gasteiger partial charge on any atom is -0.480 e. The van der Waals surface area contributed by atoms with Crippen molar-refractivity contribution in [2.75, 3.05) is 6.54 Å². The molecule has 0 saturated heterocycles. The summed E-state index contributed by atoms with van der Waals surface area (Å²) in [5.41, 5.74) is 0.774. The van der Waals surface area contributed by atoms with Crippen molar-refractivity contribution in [1.29, 1.82) is 0 Å². The molecular weight excluding hydrogens is 372 g/mol. The van der Waals surface area contributed by atoms with Crippen LogP contribution in [0.3, 0.4) is 0 Å². The predicted molar refractivity (Wildman–Crippen MR) is 97.5 cm³/mol. The number of aryl methyl sites for hydroxylation is 2. The Labute approximate surface area is 157 Å². The molecule has 1 aromatic heterocycles. The van der Waals surface area contributed by atoms with Gasteiger partial charge in [0.2, 0.25) is 5.91 Å². The summed E-state index contributed by atoms with van der Waals surface area (Å²) in [7, 11) is -2.16. The molecule has 1 amide bonds. The Bertz CT molecular complexity index is 889. The molecule has 0 radical (unpaired) electrons. The molecule has 1 aromatic carbocycles. The number of hydrogen-bond donors (Lipinski definition) is 3. The number of carboxylic acids is 1. The molecule has 0 aliphatic rings. The molecule has 0 bridgehead atoms. The lowest BCUT2D eigenvalue weighted by atomic mass is 10.1. The van der Waals surface area contributed by atoms with Gasteiger partial charge in [-0.2, -0.15) is 0 Å². The third kappa shape index (κ3) is 5.90. The van der Waals surface area contributed by atoms with Gasteiger partial charge in [-0.25, -0.2) is 22.9 Å². The summed E-state index contributed by atoms with van der Waals surface area (Å²) in [6, 6.07) is 7.83. The van der Waals surface area contributed by atoms with E-state index in [2.05, 4.69) is 15.0 Å². The lowest BCUT2D eigenvalue weighted by Crippen LogP contribution is -2.43. The number of carbonyl (C=O) groups is 2. The maximum absolute atomic E-state index is 12.1. The maximum Gasteiger partial charge on any atom is 0.326 e. The molecule has 0 saturated carbocycles. The third-order valence-corrected chi connectivity index (χ3v) is 5.25. The Balaban J connectivity index is 1.87. The number of nitrogens with one attached hydrogen (secondary N) is 2. The van der Waals surface area contributed by atoms with Gasteiger partial charge in [-0.15, -0.1) is 0 Å². The molecule has 1 heterocycles. The average molecular weight is 394 g/mol. The van der Waals surface area contributed by atoms with Crippen LogP contribution in [0.15, 0.2) is 41.6 Å². The zero-order valence-corrected chi connectivity index (χ0v) is 15.9. The molecule has 27 heavy (non-hydrogen) atoms. The highest BCUT2D eigenvalue weighted by molar-refractivity contribution is 7.89. The first-order valence-corrected chi connectivity index (χ1v) is 9.73. The van der Waals surface area contributed by atoms with E-state index >= 15 is 0 Å². The van der Waals surface area contributed by atoms with E-state index in [1.54, 1.807) is 42.8 Å².